The summed E-state index contributed by atoms with van der Waals surface area (Å²) in [7, 11) is 2.05. The first-order valence-electron chi connectivity index (χ1n) is 7.57. The third-order valence-corrected chi connectivity index (χ3v) is 4.91. The molecular formula is C16H30BrN3. The molecule has 1 unspecified atom stereocenters. The molecule has 0 bridgehead atoms. The second kappa shape index (κ2) is 6.61. The smallest absolute Gasteiger partial charge is 0.0766 e. The second-order valence-corrected chi connectivity index (χ2v) is 7.92. The maximum atomic E-state index is 4.61. The fourth-order valence-corrected chi connectivity index (χ4v) is 2.96. The van der Waals surface area contributed by atoms with Crippen LogP contribution in [0.5, 0.6) is 0 Å². The summed E-state index contributed by atoms with van der Waals surface area (Å²) in [6.45, 7) is 14.5. The van der Waals surface area contributed by atoms with Gasteiger partial charge in [0.2, 0.25) is 0 Å². The lowest BCUT2D eigenvalue weighted by Crippen LogP contribution is -2.43. The van der Waals surface area contributed by atoms with E-state index in [0.29, 0.717) is 0 Å². The van der Waals surface area contributed by atoms with E-state index < -0.39 is 0 Å². The van der Waals surface area contributed by atoms with Crippen molar-refractivity contribution in [3.8, 4) is 0 Å². The summed E-state index contributed by atoms with van der Waals surface area (Å²) in [4.78, 5) is 0. The topological polar surface area (TPSA) is 29.9 Å². The second-order valence-electron chi connectivity index (χ2n) is 7.13. The zero-order chi connectivity index (χ0) is 15.6. The molecule has 1 aromatic rings. The van der Waals surface area contributed by atoms with Crippen LogP contribution in [0, 0.1) is 5.41 Å². The summed E-state index contributed by atoms with van der Waals surface area (Å²) in [5.74, 6) is 0. The van der Waals surface area contributed by atoms with Crippen LogP contribution in [0.1, 0.15) is 59.4 Å². The van der Waals surface area contributed by atoms with Gasteiger partial charge in [0.25, 0.3) is 0 Å². The highest BCUT2D eigenvalue weighted by Gasteiger charge is 2.28. The normalized spacial score (nSPS) is 15.4. The summed E-state index contributed by atoms with van der Waals surface area (Å²) < 4.78 is 3.23. The van der Waals surface area contributed by atoms with Crippen LogP contribution >= 0.6 is 15.9 Å². The minimum Gasteiger partial charge on any atom is -0.312 e. The van der Waals surface area contributed by atoms with Crippen LogP contribution in [-0.4, -0.2) is 21.9 Å². The van der Waals surface area contributed by atoms with Crippen LogP contribution in [0.2, 0.25) is 0 Å². The number of hydrogen-bond acceptors (Lipinski definition) is 2. The lowest BCUT2D eigenvalue weighted by Gasteiger charge is -2.33. The standard InChI is InChI=1S/C16H30BrN3/c1-8-12-14(17)13(20(7)19-12)10-16(6,9-2)11-18-15(3,4)5/h18H,8-11H2,1-7H3. The van der Waals surface area contributed by atoms with Crippen molar-refractivity contribution < 1.29 is 0 Å². The van der Waals surface area contributed by atoms with Crippen molar-refractivity contribution in [2.24, 2.45) is 12.5 Å². The molecule has 1 N–H and O–H groups in total. The molecule has 0 radical (unpaired) electrons. The molecule has 20 heavy (non-hydrogen) atoms. The molecule has 0 aliphatic heterocycles. The third-order valence-electron chi connectivity index (χ3n) is 4.00. The van der Waals surface area contributed by atoms with E-state index >= 15 is 0 Å². The summed E-state index contributed by atoms with van der Waals surface area (Å²) in [6, 6.07) is 0. The third kappa shape index (κ3) is 4.59. The summed E-state index contributed by atoms with van der Waals surface area (Å²) in [5.41, 5.74) is 2.87. The summed E-state index contributed by atoms with van der Waals surface area (Å²) in [5, 5.41) is 8.25. The molecule has 0 amide bonds. The Bertz CT molecular complexity index is 445. The number of aromatic nitrogens is 2. The van der Waals surface area contributed by atoms with E-state index in [-0.39, 0.29) is 11.0 Å². The van der Waals surface area contributed by atoms with Crippen LogP contribution in [-0.2, 0) is 19.9 Å². The SMILES string of the molecule is CCc1nn(C)c(CC(C)(CC)CNC(C)(C)C)c1Br. The first-order chi connectivity index (χ1) is 9.12. The van der Waals surface area contributed by atoms with Gasteiger partial charge in [-0.15, -0.1) is 0 Å². The van der Waals surface area contributed by atoms with Gasteiger partial charge in [0.05, 0.1) is 15.9 Å². The van der Waals surface area contributed by atoms with Crippen LogP contribution < -0.4 is 5.32 Å². The molecule has 1 rings (SSSR count). The Hall–Kier alpha value is -0.350. The molecule has 116 valence electrons. The Morgan fingerprint density at radius 2 is 1.80 bits per heavy atom. The minimum absolute atomic E-state index is 0.161. The van der Waals surface area contributed by atoms with Gasteiger partial charge in [0, 0.05) is 19.1 Å². The Balaban J connectivity index is 2.90. The monoisotopic (exact) mass is 343 g/mol. The largest absolute Gasteiger partial charge is 0.312 e. The number of nitrogens with one attached hydrogen (secondary N) is 1. The lowest BCUT2D eigenvalue weighted by molar-refractivity contribution is 0.250. The first kappa shape index (κ1) is 17.7. The quantitative estimate of drug-likeness (QED) is 0.842. The van der Waals surface area contributed by atoms with Gasteiger partial charge in [-0.3, -0.25) is 4.68 Å². The number of nitrogens with zero attached hydrogens (tertiary/aromatic N) is 2. The van der Waals surface area contributed by atoms with Crippen molar-refractivity contribution in [2.75, 3.05) is 6.54 Å². The molecule has 0 aliphatic carbocycles. The predicted octanol–water partition coefficient (Wildman–Crippen LogP) is 4.09. The van der Waals surface area contributed by atoms with Crippen molar-refractivity contribution in [1.82, 2.24) is 15.1 Å². The van der Waals surface area contributed by atoms with Gasteiger partial charge in [0.15, 0.2) is 0 Å². The molecule has 1 atom stereocenters. The maximum Gasteiger partial charge on any atom is 0.0766 e. The summed E-state index contributed by atoms with van der Waals surface area (Å²) in [6.07, 6.45) is 3.16. The van der Waals surface area contributed by atoms with E-state index in [0.717, 1.165) is 31.5 Å². The summed E-state index contributed by atoms with van der Waals surface area (Å²) >= 11 is 3.73. The van der Waals surface area contributed by atoms with Crippen LogP contribution in [0.3, 0.4) is 0 Å². The van der Waals surface area contributed by atoms with Gasteiger partial charge in [-0.25, -0.2) is 0 Å². The molecule has 0 spiro atoms. The van der Waals surface area contributed by atoms with E-state index in [2.05, 4.69) is 67.9 Å². The van der Waals surface area contributed by atoms with Crippen molar-refractivity contribution >= 4 is 15.9 Å². The van der Waals surface area contributed by atoms with Crippen molar-refractivity contribution in [2.45, 2.75) is 66.3 Å². The molecule has 0 aromatic carbocycles. The van der Waals surface area contributed by atoms with Gasteiger partial charge in [-0.2, -0.15) is 5.10 Å². The zero-order valence-corrected chi connectivity index (χ0v) is 15.7. The van der Waals surface area contributed by atoms with Gasteiger partial charge in [0.1, 0.15) is 0 Å². The number of aryl methyl sites for hydroxylation is 2. The predicted molar refractivity (Wildman–Crippen MR) is 90.1 cm³/mol. The number of halogens is 1. The van der Waals surface area contributed by atoms with E-state index in [9.17, 15) is 0 Å². The fraction of sp³-hybridized carbons (Fsp3) is 0.812. The van der Waals surface area contributed by atoms with Crippen LogP contribution in [0.15, 0.2) is 4.47 Å². The van der Waals surface area contributed by atoms with E-state index in [1.54, 1.807) is 0 Å². The Labute approximate surface area is 132 Å². The lowest BCUT2D eigenvalue weighted by atomic mass is 9.82. The average Bonchev–Trinajstić information content (AvgIpc) is 2.63. The van der Waals surface area contributed by atoms with E-state index in [4.69, 9.17) is 0 Å². The molecule has 0 aliphatic rings. The van der Waals surface area contributed by atoms with Crippen LogP contribution in [0.4, 0.5) is 0 Å². The molecule has 0 saturated heterocycles. The zero-order valence-electron chi connectivity index (χ0n) is 14.1. The molecule has 1 aromatic heterocycles. The maximum absolute atomic E-state index is 4.61. The minimum atomic E-state index is 0.161. The first-order valence-corrected chi connectivity index (χ1v) is 8.36. The molecule has 4 heteroatoms. The number of rotatable bonds is 6. The number of hydrogen-bond donors (Lipinski definition) is 1. The van der Waals surface area contributed by atoms with Gasteiger partial charge in [-0.1, -0.05) is 20.8 Å². The highest BCUT2D eigenvalue weighted by Crippen LogP contribution is 2.31. The molecule has 0 saturated carbocycles. The molecular weight excluding hydrogens is 314 g/mol. The molecule has 1 heterocycles. The highest BCUT2D eigenvalue weighted by molar-refractivity contribution is 9.10. The Morgan fingerprint density at radius 1 is 1.20 bits per heavy atom. The van der Waals surface area contributed by atoms with Crippen molar-refractivity contribution in [3.63, 3.8) is 0 Å². The van der Waals surface area contributed by atoms with Crippen molar-refractivity contribution in [3.05, 3.63) is 15.9 Å². The average molecular weight is 344 g/mol. The van der Waals surface area contributed by atoms with E-state index in [1.807, 2.05) is 11.7 Å². The fourth-order valence-electron chi connectivity index (χ4n) is 2.21. The highest BCUT2D eigenvalue weighted by atomic mass is 79.9. The molecule has 3 nitrogen and oxygen atoms in total. The Morgan fingerprint density at radius 3 is 2.20 bits per heavy atom. The van der Waals surface area contributed by atoms with Gasteiger partial charge < -0.3 is 5.32 Å². The van der Waals surface area contributed by atoms with Gasteiger partial charge >= 0.3 is 0 Å². The van der Waals surface area contributed by atoms with E-state index in [1.165, 1.54) is 10.2 Å². The van der Waals surface area contributed by atoms with Gasteiger partial charge in [-0.05, 0) is 61.4 Å². The Kier molecular flexibility index (Phi) is 5.85. The van der Waals surface area contributed by atoms with Crippen LogP contribution in [0.25, 0.3) is 0 Å². The van der Waals surface area contributed by atoms with Crippen molar-refractivity contribution in [1.29, 1.82) is 0 Å². The molecule has 0 fully saturated rings.